The van der Waals surface area contributed by atoms with Gasteiger partial charge in [0, 0.05) is 18.0 Å². The Hall–Kier alpha value is -2.82. The van der Waals surface area contributed by atoms with Crippen molar-refractivity contribution >= 4 is 5.82 Å². The van der Waals surface area contributed by atoms with Gasteiger partial charge in [-0.25, -0.2) is 14.4 Å². The predicted molar refractivity (Wildman–Crippen MR) is 92.2 cm³/mol. The molecule has 0 amide bonds. The van der Waals surface area contributed by atoms with Crippen molar-refractivity contribution in [1.29, 1.82) is 0 Å². The molecule has 1 aromatic carbocycles. The summed E-state index contributed by atoms with van der Waals surface area (Å²) in [5.41, 5.74) is 2.56. The Morgan fingerprint density at radius 1 is 1.08 bits per heavy atom. The fourth-order valence-corrected chi connectivity index (χ4v) is 2.59. The highest BCUT2D eigenvalue weighted by atomic mass is 19.1. The quantitative estimate of drug-likeness (QED) is 0.769. The van der Waals surface area contributed by atoms with E-state index in [0.717, 1.165) is 23.4 Å². The molecule has 24 heavy (non-hydrogen) atoms. The van der Waals surface area contributed by atoms with Gasteiger partial charge >= 0.3 is 0 Å². The summed E-state index contributed by atoms with van der Waals surface area (Å²) in [7, 11) is 0. The third-order valence-corrected chi connectivity index (χ3v) is 3.71. The number of benzene rings is 1. The minimum atomic E-state index is -0.291. The number of hydrogen-bond donors (Lipinski definition) is 1. The van der Waals surface area contributed by atoms with Crippen molar-refractivity contribution in [2.45, 2.75) is 26.3 Å². The smallest absolute Gasteiger partial charge is 0.130 e. The topological polar surface area (TPSA) is 50.7 Å². The van der Waals surface area contributed by atoms with Crippen molar-refractivity contribution in [3.63, 3.8) is 0 Å². The first-order valence-electron chi connectivity index (χ1n) is 7.93. The highest BCUT2D eigenvalue weighted by Crippen LogP contribution is 2.25. The number of aromatic nitrogens is 3. The van der Waals surface area contributed by atoms with Crippen LogP contribution in [0.2, 0.25) is 0 Å². The third-order valence-electron chi connectivity index (χ3n) is 3.71. The lowest BCUT2D eigenvalue weighted by atomic mass is 10.0. The van der Waals surface area contributed by atoms with Crippen LogP contribution >= 0.6 is 0 Å². The molecule has 2 aromatic heterocycles. The van der Waals surface area contributed by atoms with Crippen LogP contribution in [-0.4, -0.2) is 15.0 Å². The first-order valence-corrected chi connectivity index (χ1v) is 7.93. The second-order valence-electron chi connectivity index (χ2n) is 5.53. The molecule has 0 aliphatic heterocycles. The van der Waals surface area contributed by atoms with E-state index in [1.54, 1.807) is 12.3 Å². The summed E-state index contributed by atoms with van der Waals surface area (Å²) in [5, 5.41) is 3.37. The molecule has 0 spiro atoms. The average Bonchev–Trinajstić information content (AvgIpc) is 2.60. The van der Waals surface area contributed by atoms with Crippen LogP contribution in [-0.2, 0) is 6.42 Å². The van der Waals surface area contributed by atoms with Crippen molar-refractivity contribution in [3.05, 3.63) is 83.3 Å². The summed E-state index contributed by atoms with van der Waals surface area (Å²) in [5.74, 6) is 1.14. The molecular formula is C19H19FN4. The maximum Gasteiger partial charge on any atom is 0.130 e. The summed E-state index contributed by atoms with van der Waals surface area (Å²) in [6.07, 6.45) is 2.55. The van der Waals surface area contributed by atoms with E-state index < -0.39 is 0 Å². The summed E-state index contributed by atoms with van der Waals surface area (Å²) in [6.45, 7) is 3.91. The summed E-state index contributed by atoms with van der Waals surface area (Å²) >= 11 is 0. The minimum Gasteiger partial charge on any atom is -0.357 e. The molecule has 0 aliphatic rings. The SMILES string of the molecule is CCc1cc(NC(c2cccc(F)c2)c2ccccn2)nc(C)n1. The van der Waals surface area contributed by atoms with Gasteiger partial charge in [0.1, 0.15) is 17.5 Å². The van der Waals surface area contributed by atoms with Crippen LogP contribution < -0.4 is 5.32 Å². The normalized spacial score (nSPS) is 12.0. The zero-order valence-electron chi connectivity index (χ0n) is 13.7. The maximum atomic E-state index is 13.7. The zero-order valence-corrected chi connectivity index (χ0v) is 13.7. The van der Waals surface area contributed by atoms with E-state index in [-0.39, 0.29) is 11.9 Å². The van der Waals surface area contributed by atoms with Gasteiger partial charge in [-0.2, -0.15) is 0 Å². The highest BCUT2D eigenvalue weighted by Gasteiger charge is 2.17. The summed E-state index contributed by atoms with van der Waals surface area (Å²) < 4.78 is 13.7. The Labute approximate surface area is 140 Å². The van der Waals surface area contributed by atoms with E-state index in [2.05, 4.69) is 20.3 Å². The molecule has 0 aliphatic carbocycles. The average molecular weight is 322 g/mol. The van der Waals surface area contributed by atoms with E-state index in [4.69, 9.17) is 0 Å². The van der Waals surface area contributed by atoms with E-state index in [1.807, 2.05) is 44.2 Å². The summed E-state index contributed by atoms with van der Waals surface area (Å²) in [4.78, 5) is 13.3. The second kappa shape index (κ2) is 7.17. The van der Waals surface area contributed by atoms with Gasteiger partial charge in [0.15, 0.2) is 0 Å². The monoisotopic (exact) mass is 322 g/mol. The van der Waals surface area contributed by atoms with Crippen LogP contribution in [0.3, 0.4) is 0 Å². The van der Waals surface area contributed by atoms with Crippen LogP contribution in [0.1, 0.15) is 35.7 Å². The molecule has 3 aromatic rings. The maximum absolute atomic E-state index is 13.7. The lowest BCUT2D eigenvalue weighted by molar-refractivity contribution is 0.624. The molecule has 0 saturated carbocycles. The van der Waals surface area contributed by atoms with Crippen LogP contribution in [0.5, 0.6) is 0 Å². The molecule has 122 valence electrons. The van der Waals surface area contributed by atoms with E-state index >= 15 is 0 Å². The number of halogens is 1. The Kier molecular flexibility index (Phi) is 4.79. The van der Waals surface area contributed by atoms with Crippen LogP contribution in [0.15, 0.2) is 54.7 Å². The fraction of sp³-hybridized carbons (Fsp3) is 0.211. The van der Waals surface area contributed by atoms with Gasteiger partial charge in [0.2, 0.25) is 0 Å². The first kappa shape index (κ1) is 16.1. The second-order valence-corrected chi connectivity index (χ2v) is 5.53. The van der Waals surface area contributed by atoms with Crippen LogP contribution in [0.25, 0.3) is 0 Å². The highest BCUT2D eigenvalue weighted by molar-refractivity contribution is 5.43. The van der Waals surface area contributed by atoms with Gasteiger partial charge in [-0.3, -0.25) is 4.98 Å². The number of nitrogens with one attached hydrogen (secondary N) is 1. The molecule has 3 rings (SSSR count). The van der Waals surface area contributed by atoms with Gasteiger partial charge < -0.3 is 5.32 Å². The number of nitrogens with zero attached hydrogens (tertiary/aromatic N) is 3. The first-order chi connectivity index (χ1) is 11.7. The van der Waals surface area contributed by atoms with E-state index in [1.165, 1.54) is 12.1 Å². The van der Waals surface area contributed by atoms with Gasteiger partial charge in [-0.15, -0.1) is 0 Å². The van der Waals surface area contributed by atoms with Crippen molar-refractivity contribution in [2.75, 3.05) is 5.32 Å². The van der Waals surface area contributed by atoms with Crippen molar-refractivity contribution in [1.82, 2.24) is 15.0 Å². The number of anilines is 1. The van der Waals surface area contributed by atoms with Gasteiger partial charge in [0.25, 0.3) is 0 Å². The Morgan fingerprint density at radius 2 is 1.96 bits per heavy atom. The molecule has 2 heterocycles. The molecular weight excluding hydrogens is 303 g/mol. The molecule has 5 heteroatoms. The van der Waals surface area contributed by atoms with Gasteiger partial charge in [-0.05, 0) is 43.2 Å². The Bertz CT molecular complexity index is 821. The predicted octanol–water partition coefficient (Wildman–Crippen LogP) is 4.08. The largest absolute Gasteiger partial charge is 0.357 e. The van der Waals surface area contributed by atoms with Crippen molar-refractivity contribution in [3.8, 4) is 0 Å². The molecule has 0 radical (unpaired) electrons. The summed E-state index contributed by atoms with van der Waals surface area (Å²) in [6, 6.07) is 13.8. The lowest BCUT2D eigenvalue weighted by Gasteiger charge is -2.20. The van der Waals surface area contributed by atoms with Crippen LogP contribution in [0.4, 0.5) is 10.2 Å². The fourth-order valence-electron chi connectivity index (χ4n) is 2.59. The van der Waals surface area contributed by atoms with Gasteiger partial charge in [-0.1, -0.05) is 25.1 Å². The molecule has 0 bridgehead atoms. The minimum absolute atomic E-state index is 0.275. The van der Waals surface area contributed by atoms with Crippen molar-refractivity contribution in [2.24, 2.45) is 0 Å². The molecule has 1 N–H and O–H groups in total. The standard InChI is InChI=1S/C19H19FN4/c1-3-16-12-18(23-13(2)22-16)24-19(17-9-4-5-10-21-17)14-7-6-8-15(20)11-14/h4-12,19H,3H2,1-2H3,(H,22,23,24). The number of aryl methyl sites for hydroxylation is 2. The lowest BCUT2D eigenvalue weighted by Crippen LogP contribution is -2.15. The number of rotatable bonds is 5. The van der Waals surface area contributed by atoms with Crippen molar-refractivity contribution < 1.29 is 4.39 Å². The van der Waals surface area contributed by atoms with E-state index in [9.17, 15) is 4.39 Å². The molecule has 0 saturated heterocycles. The Balaban J connectivity index is 2.01. The van der Waals surface area contributed by atoms with E-state index in [0.29, 0.717) is 11.6 Å². The zero-order chi connectivity index (χ0) is 16.9. The van der Waals surface area contributed by atoms with Gasteiger partial charge in [0.05, 0.1) is 11.7 Å². The third kappa shape index (κ3) is 3.74. The number of hydrogen-bond acceptors (Lipinski definition) is 4. The van der Waals surface area contributed by atoms with Crippen LogP contribution in [0, 0.1) is 12.7 Å². The number of pyridine rings is 1. The molecule has 0 fully saturated rings. The molecule has 1 unspecified atom stereocenters. The molecule has 1 atom stereocenters. The Morgan fingerprint density at radius 3 is 2.67 bits per heavy atom. The molecule has 4 nitrogen and oxygen atoms in total.